The van der Waals surface area contributed by atoms with Gasteiger partial charge in [0.1, 0.15) is 0 Å². The Balaban J connectivity index is 3.50. The van der Waals surface area contributed by atoms with Crippen molar-refractivity contribution in [1.29, 1.82) is 0 Å². The second kappa shape index (κ2) is 9.17. The van der Waals surface area contributed by atoms with Gasteiger partial charge in [0.15, 0.2) is 0 Å². The lowest BCUT2D eigenvalue weighted by atomic mass is 9.87. The molecule has 2 nitrogen and oxygen atoms in total. The summed E-state index contributed by atoms with van der Waals surface area (Å²) >= 11 is 0. The summed E-state index contributed by atoms with van der Waals surface area (Å²) in [4.78, 5) is 0. The summed E-state index contributed by atoms with van der Waals surface area (Å²) in [6, 6.07) is 0. The van der Waals surface area contributed by atoms with E-state index >= 15 is 0 Å². The van der Waals surface area contributed by atoms with Gasteiger partial charge in [0.25, 0.3) is 0 Å². The molecule has 0 aromatic heterocycles. The van der Waals surface area contributed by atoms with E-state index in [0.29, 0.717) is 11.8 Å². The van der Waals surface area contributed by atoms with Gasteiger partial charge in [0.2, 0.25) is 0 Å². The van der Waals surface area contributed by atoms with Crippen LogP contribution in [0.3, 0.4) is 0 Å². The minimum absolute atomic E-state index is 0.122. The minimum atomic E-state index is -0.122. The van der Waals surface area contributed by atoms with Crippen molar-refractivity contribution in [2.24, 2.45) is 11.8 Å². The summed E-state index contributed by atoms with van der Waals surface area (Å²) in [7, 11) is 0. The third-order valence-electron chi connectivity index (χ3n) is 3.43. The highest BCUT2D eigenvalue weighted by Gasteiger charge is 2.18. The molecule has 15 heavy (non-hydrogen) atoms. The van der Waals surface area contributed by atoms with Crippen molar-refractivity contribution >= 4 is 0 Å². The minimum Gasteiger partial charge on any atom is -0.393 e. The normalized spacial score (nSPS) is 17.4. The first-order valence-corrected chi connectivity index (χ1v) is 6.52. The molecule has 0 saturated carbocycles. The molecule has 92 valence electrons. The van der Waals surface area contributed by atoms with E-state index in [9.17, 15) is 5.11 Å². The predicted molar refractivity (Wildman–Crippen MR) is 67.0 cm³/mol. The third-order valence-corrected chi connectivity index (χ3v) is 3.43. The van der Waals surface area contributed by atoms with Gasteiger partial charge < -0.3 is 10.4 Å². The first kappa shape index (κ1) is 14.9. The molecule has 0 aromatic rings. The molecule has 2 heteroatoms. The van der Waals surface area contributed by atoms with Crippen molar-refractivity contribution in [3.05, 3.63) is 0 Å². The molecule has 0 spiro atoms. The smallest absolute Gasteiger partial charge is 0.0568 e. The summed E-state index contributed by atoms with van der Waals surface area (Å²) in [6.45, 7) is 10.9. The van der Waals surface area contributed by atoms with Crippen LogP contribution in [-0.4, -0.2) is 24.3 Å². The highest BCUT2D eigenvalue weighted by atomic mass is 16.3. The number of hydrogen-bond donors (Lipinski definition) is 2. The molecule has 0 aliphatic carbocycles. The van der Waals surface area contributed by atoms with Crippen molar-refractivity contribution in [1.82, 2.24) is 5.32 Å². The van der Waals surface area contributed by atoms with Gasteiger partial charge in [-0.2, -0.15) is 0 Å². The molecular weight excluding hydrogens is 186 g/mol. The lowest BCUT2D eigenvalue weighted by Gasteiger charge is -2.24. The maximum atomic E-state index is 9.95. The van der Waals surface area contributed by atoms with Gasteiger partial charge in [-0.1, -0.05) is 34.1 Å². The number of aliphatic hydroxyl groups is 1. The van der Waals surface area contributed by atoms with Crippen LogP contribution in [-0.2, 0) is 0 Å². The fourth-order valence-corrected chi connectivity index (χ4v) is 1.75. The van der Waals surface area contributed by atoms with E-state index in [4.69, 9.17) is 0 Å². The monoisotopic (exact) mass is 215 g/mol. The summed E-state index contributed by atoms with van der Waals surface area (Å²) in [6.07, 6.45) is 4.24. The van der Waals surface area contributed by atoms with Crippen LogP contribution >= 0.6 is 0 Å². The molecule has 0 radical (unpaired) electrons. The maximum Gasteiger partial charge on any atom is 0.0568 e. The Morgan fingerprint density at radius 1 is 1.13 bits per heavy atom. The van der Waals surface area contributed by atoms with Crippen molar-refractivity contribution in [3.8, 4) is 0 Å². The predicted octanol–water partition coefficient (Wildman–Crippen LogP) is 2.81. The molecule has 0 aromatic carbocycles. The fourth-order valence-electron chi connectivity index (χ4n) is 1.75. The fraction of sp³-hybridized carbons (Fsp3) is 1.00. The van der Waals surface area contributed by atoms with E-state index in [0.717, 1.165) is 32.4 Å². The van der Waals surface area contributed by atoms with Crippen molar-refractivity contribution in [3.63, 3.8) is 0 Å². The molecule has 3 unspecified atom stereocenters. The molecule has 0 aliphatic heterocycles. The Bertz CT molecular complexity index is 138. The van der Waals surface area contributed by atoms with Gasteiger partial charge in [-0.3, -0.25) is 0 Å². The molecule has 3 atom stereocenters. The lowest BCUT2D eigenvalue weighted by molar-refractivity contribution is 0.0765. The van der Waals surface area contributed by atoms with Crippen LogP contribution in [0.2, 0.25) is 0 Å². The third kappa shape index (κ3) is 6.91. The van der Waals surface area contributed by atoms with Crippen molar-refractivity contribution in [2.75, 3.05) is 13.1 Å². The van der Waals surface area contributed by atoms with Crippen LogP contribution in [0.4, 0.5) is 0 Å². The quantitative estimate of drug-likeness (QED) is 0.580. The Morgan fingerprint density at radius 2 is 1.80 bits per heavy atom. The highest BCUT2D eigenvalue weighted by Crippen LogP contribution is 2.20. The zero-order valence-corrected chi connectivity index (χ0v) is 10.9. The summed E-state index contributed by atoms with van der Waals surface area (Å²) in [5, 5.41) is 13.3. The van der Waals surface area contributed by atoms with Gasteiger partial charge in [-0.25, -0.2) is 0 Å². The van der Waals surface area contributed by atoms with E-state index < -0.39 is 0 Å². The zero-order chi connectivity index (χ0) is 11.7. The van der Waals surface area contributed by atoms with Gasteiger partial charge in [-0.05, 0) is 44.2 Å². The zero-order valence-electron chi connectivity index (χ0n) is 10.9. The standard InChI is InChI=1S/C13H29NO/c1-5-9-14-10-7-8-13(15)12(4)11(3)6-2/h11-15H,5-10H2,1-4H3. The topological polar surface area (TPSA) is 32.3 Å². The van der Waals surface area contributed by atoms with Gasteiger partial charge >= 0.3 is 0 Å². The van der Waals surface area contributed by atoms with Gasteiger partial charge in [0, 0.05) is 0 Å². The van der Waals surface area contributed by atoms with E-state index in [-0.39, 0.29) is 6.10 Å². The highest BCUT2D eigenvalue weighted by molar-refractivity contribution is 4.69. The average molecular weight is 215 g/mol. The van der Waals surface area contributed by atoms with E-state index in [1.165, 1.54) is 6.42 Å². The van der Waals surface area contributed by atoms with Crippen LogP contribution in [0.1, 0.15) is 53.4 Å². The Labute approximate surface area is 95.5 Å². The molecule has 0 heterocycles. The average Bonchev–Trinajstić information content (AvgIpc) is 2.26. The second-order valence-electron chi connectivity index (χ2n) is 4.70. The van der Waals surface area contributed by atoms with Crippen molar-refractivity contribution < 1.29 is 5.11 Å². The number of aliphatic hydroxyl groups excluding tert-OH is 1. The van der Waals surface area contributed by atoms with E-state index in [1.807, 2.05) is 0 Å². The molecule has 2 N–H and O–H groups in total. The summed E-state index contributed by atoms with van der Waals surface area (Å²) in [5.74, 6) is 1.06. The molecular formula is C13H29NO. The van der Waals surface area contributed by atoms with E-state index in [1.54, 1.807) is 0 Å². The molecule has 0 rings (SSSR count). The summed E-state index contributed by atoms with van der Waals surface area (Å²) in [5.41, 5.74) is 0. The van der Waals surface area contributed by atoms with Crippen LogP contribution in [0, 0.1) is 11.8 Å². The van der Waals surface area contributed by atoms with Gasteiger partial charge in [-0.15, -0.1) is 0 Å². The first-order chi connectivity index (χ1) is 7.13. The largest absolute Gasteiger partial charge is 0.393 e. The first-order valence-electron chi connectivity index (χ1n) is 6.52. The molecule has 0 fully saturated rings. The Kier molecular flexibility index (Phi) is 9.12. The molecule has 0 saturated heterocycles. The molecule has 0 amide bonds. The van der Waals surface area contributed by atoms with Crippen LogP contribution in [0.5, 0.6) is 0 Å². The summed E-state index contributed by atoms with van der Waals surface area (Å²) < 4.78 is 0. The second-order valence-corrected chi connectivity index (χ2v) is 4.70. The van der Waals surface area contributed by atoms with E-state index in [2.05, 4.69) is 33.0 Å². The van der Waals surface area contributed by atoms with Crippen molar-refractivity contribution in [2.45, 2.75) is 59.5 Å². The maximum absolute atomic E-state index is 9.95. The molecule has 0 aliphatic rings. The van der Waals surface area contributed by atoms with Gasteiger partial charge in [0.05, 0.1) is 6.10 Å². The number of hydrogen-bond acceptors (Lipinski definition) is 2. The van der Waals surface area contributed by atoms with Crippen LogP contribution in [0.25, 0.3) is 0 Å². The SMILES string of the molecule is CCCNCCCC(O)C(C)C(C)CC. The van der Waals surface area contributed by atoms with Crippen LogP contribution in [0.15, 0.2) is 0 Å². The lowest BCUT2D eigenvalue weighted by Crippen LogP contribution is -2.25. The van der Waals surface area contributed by atoms with Crippen LogP contribution < -0.4 is 5.32 Å². The molecule has 0 bridgehead atoms. The Morgan fingerprint density at radius 3 is 2.33 bits per heavy atom. The Hall–Kier alpha value is -0.0800. The number of rotatable bonds is 9. The number of nitrogens with one attached hydrogen (secondary N) is 1.